The number of amides is 2. The van der Waals surface area contributed by atoms with Crippen LogP contribution in [0.2, 0.25) is 0 Å². The largest absolute Gasteiger partial charge is 0.356 e. The topological polar surface area (TPSA) is 49.4 Å². The lowest BCUT2D eigenvalue weighted by Gasteiger charge is -2.32. The predicted molar refractivity (Wildman–Crippen MR) is 81.0 cm³/mol. The molecule has 108 valence electrons. The second kappa shape index (κ2) is 6.79. The summed E-state index contributed by atoms with van der Waals surface area (Å²) in [6.45, 7) is 3.74. The van der Waals surface area contributed by atoms with Gasteiger partial charge in [-0.05, 0) is 37.0 Å². The second-order valence-corrected chi connectivity index (χ2v) is 5.74. The molecule has 4 nitrogen and oxygen atoms in total. The second-order valence-electron chi connectivity index (χ2n) is 5.22. The smallest absolute Gasteiger partial charge is 0.253 e. The van der Waals surface area contributed by atoms with Crippen LogP contribution in [0.3, 0.4) is 0 Å². The maximum absolute atomic E-state index is 12.3. The Bertz CT molecular complexity index is 496. The summed E-state index contributed by atoms with van der Waals surface area (Å²) in [7, 11) is 0. The number of nitrogens with zero attached hydrogens (tertiary/aromatic N) is 1. The van der Waals surface area contributed by atoms with Crippen LogP contribution in [0.15, 0.2) is 29.2 Å². The van der Waals surface area contributed by atoms with Crippen LogP contribution >= 0.6 is 12.6 Å². The standard InChI is InChI=1S/C15H20N2O2S/c1-11(18)16-10-12-5-7-17(8-6-12)15(19)13-3-2-4-14(20)9-13/h2-4,9,12,20H,5-8,10H2,1H3,(H,16,18). The summed E-state index contributed by atoms with van der Waals surface area (Å²) >= 11 is 4.26. The van der Waals surface area contributed by atoms with Gasteiger partial charge in [0.15, 0.2) is 0 Å². The van der Waals surface area contributed by atoms with Crippen LogP contribution in [0.4, 0.5) is 0 Å². The van der Waals surface area contributed by atoms with Gasteiger partial charge >= 0.3 is 0 Å². The van der Waals surface area contributed by atoms with Gasteiger partial charge < -0.3 is 10.2 Å². The fourth-order valence-electron chi connectivity index (χ4n) is 2.45. The highest BCUT2D eigenvalue weighted by Gasteiger charge is 2.23. The number of hydrogen-bond acceptors (Lipinski definition) is 3. The molecule has 1 N–H and O–H groups in total. The van der Waals surface area contributed by atoms with Crippen molar-refractivity contribution in [2.24, 2.45) is 5.92 Å². The van der Waals surface area contributed by atoms with Crippen molar-refractivity contribution < 1.29 is 9.59 Å². The molecule has 0 unspecified atom stereocenters. The molecule has 0 saturated carbocycles. The normalized spacial score (nSPS) is 16.0. The molecule has 1 aliphatic heterocycles. The van der Waals surface area contributed by atoms with E-state index in [0.29, 0.717) is 18.0 Å². The monoisotopic (exact) mass is 292 g/mol. The van der Waals surface area contributed by atoms with Crippen LogP contribution in [0.1, 0.15) is 30.1 Å². The van der Waals surface area contributed by atoms with Gasteiger partial charge in [0.2, 0.25) is 5.91 Å². The van der Waals surface area contributed by atoms with Crippen LogP contribution in [0, 0.1) is 5.92 Å². The molecule has 1 saturated heterocycles. The van der Waals surface area contributed by atoms with Crippen molar-refractivity contribution >= 4 is 24.4 Å². The third kappa shape index (κ3) is 4.00. The number of benzene rings is 1. The molecule has 2 amide bonds. The van der Waals surface area contributed by atoms with Gasteiger partial charge in [0.1, 0.15) is 0 Å². The van der Waals surface area contributed by atoms with Crippen LogP contribution in [-0.4, -0.2) is 36.3 Å². The third-order valence-corrected chi connectivity index (χ3v) is 3.91. The number of nitrogens with one attached hydrogen (secondary N) is 1. The molecule has 1 fully saturated rings. The lowest BCUT2D eigenvalue weighted by Crippen LogP contribution is -2.41. The van der Waals surface area contributed by atoms with E-state index in [4.69, 9.17) is 0 Å². The van der Waals surface area contributed by atoms with Gasteiger partial charge in [-0.3, -0.25) is 9.59 Å². The molecule has 1 aromatic rings. The molecule has 0 spiro atoms. The average Bonchev–Trinajstić information content (AvgIpc) is 2.45. The lowest BCUT2D eigenvalue weighted by molar-refractivity contribution is -0.119. The van der Waals surface area contributed by atoms with Gasteiger partial charge in [0, 0.05) is 37.0 Å². The van der Waals surface area contributed by atoms with E-state index in [-0.39, 0.29) is 11.8 Å². The first-order chi connectivity index (χ1) is 9.56. The summed E-state index contributed by atoms with van der Waals surface area (Å²) in [5.41, 5.74) is 0.692. The van der Waals surface area contributed by atoms with Gasteiger partial charge in [-0.15, -0.1) is 12.6 Å². The number of piperidine rings is 1. The van der Waals surface area contributed by atoms with E-state index in [9.17, 15) is 9.59 Å². The number of hydrogen-bond donors (Lipinski definition) is 2. The van der Waals surface area contributed by atoms with Crippen LogP contribution < -0.4 is 5.32 Å². The van der Waals surface area contributed by atoms with Crippen molar-refractivity contribution in [1.29, 1.82) is 0 Å². The Morgan fingerprint density at radius 3 is 2.65 bits per heavy atom. The molecule has 5 heteroatoms. The zero-order valence-electron chi connectivity index (χ0n) is 11.6. The molecule has 0 aromatic heterocycles. The molecular weight excluding hydrogens is 272 g/mol. The Morgan fingerprint density at radius 1 is 1.35 bits per heavy atom. The highest BCUT2D eigenvalue weighted by molar-refractivity contribution is 7.80. The lowest BCUT2D eigenvalue weighted by atomic mass is 9.96. The van der Waals surface area contributed by atoms with Crippen molar-refractivity contribution in [2.45, 2.75) is 24.7 Å². The Labute approximate surface area is 124 Å². The van der Waals surface area contributed by atoms with Crippen LogP contribution in [-0.2, 0) is 4.79 Å². The van der Waals surface area contributed by atoms with Crippen molar-refractivity contribution in [3.63, 3.8) is 0 Å². The average molecular weight is 292 g/mol. The minimum Gasteiger partial charge on any atom is -0.356 e. The predicted octanol–water partition coefficient (Wildman–Crippen LogP) is 1.96. The first-order valence-electron chi connectivity index (χ1n) is 6.89. The molecule has 1 heterocycles. The zero-order valence-corrected chi connectivity index (χ0v) is 12.5. The molecule has 2 rings (SSSR count). The zero-order chi connectivity index (χ0) is 14.5. The first-order valence-corrected chi connectivity index (χ1v) is 7.33. The fraction of sp³-hybridized carbons (Fsp3) is 0.467. The van der Waals surface area contributed by atoms with Crippen molar-refractivity contribution in [3.8, 4) is 0 Å². The number of rotatable bonds is 3. The number of likely N-dealkylation sites (tertiary alicyclic amines) is 1. The van der Waals surface area contributed by atoms with Gasteiger partial charge in [0.25, 0.3) is 5.91 Å². The molecule has 1 aromatic carbocycles. The summed E-state index contributed by atoms with van der Waals surface area (Å²) in [4.78, 5) is 25.9. The van der Waals surface area contributed by atoms with E-state index >= 15 is 0 Å². The van der Waals surface area contributed by atoms with E-state index in [2.05, 4.69) is 17.9 Å². The van der Waals surface area contributed by atoms with Crippen molar-refractivity contribution in [1.82, 2.24) is 10.2 Å². The van der Waals surface area contributed by atoms with E-state index in [1.54, 1.807) is 6.07 Å². The third-order valence-electron chi connectivity index (χ3n) is 3.63. The highest BCUT2D eigenvalue weighted by atomic mass is 32.1. The van der Waals surface area contributed by atoms with Crippen molar-refractivity contribution in [3.05, 3.63) is 29.8 Å². The summed E-state index contributed by atoms with van der Waals surface area (Å²) in [6, 6.07) is 7.33. The van der Waals surface area contributed by atoms with E-state index < -0.39 is 0 Å². The van der Waals surface area contributed by atoms with Crippen molar-refractivity contribution in [2.75, 3.05) is 19.6 Å². The molecule has 0 aliphatic carbocycles. The van der Waals surface area contributed by atoms with Gasteiger partial charge in [-0.2, -0.15) is 0 Å². The number of carbonyl (C=O) groups is 2. The van der Waals surface area contributed by atoms with Gasteiger partial charge in [-0.25, -0.2) is 0 Å². The summed E-state index contributed by atoms with van der Waals surface area (Å²) in [5.74, 6) is 0.548. The first kappa shape index (κ1) is 14.9. The minimum absolute atomic E-state index is 0.00843. The quantitative estimate of drug-likeness (QED) is 0.837. The molecule has 20 heavy (non-hydrogen) atoms. The van der Waals surface area contributed by atoms with Gasteiger partial charge in [0.05, 0.1) is 0 Å². The summed E-state index contributed by atoms with van der Waals surface area (Å²) in [6.07, 6.45) is 1.87. The molecule has 0 atom stereocenters. The summed E-state index contributed by atoms with van der Waals surface area (Å²) < 4.78 is 0. The highest BCUT2D eigenvalue weighted by Crippen LogP contribution is 2.19. The Kier molecular flexibility index (Phi) is 5.06. The molecule has 1 aliphatic rings. The van der Waals surface area contributed by atoms with Crippen LogP contribution in [0.25, 0.3) is 0 Å². The Morgan fingerprint density at radius 2 is 2.05 bits per heavy atom. The SMILES string of the molecule is CC(=O)NCC1CCN(C(=O)c2cccc(S)c2)CC1. The van der Waals surface area contributed by atoms with Gasteiger partial charge in [-0.1, -0.05) is 6.07 Å². The number of carbonyl (C=O) groups excluding carboxylic acids is 2. The molecular formula is C15H20N2O2S. The maximum Gasteiger partial charge on any atom is 0.253 e. The summed E-state index contributed by atoms with van der Waals surface area (Å²) in [5, 5.41) is 2.85. The number of thiol groups is 1. The van der Waals surface area contributed by atoms with E-state index in [0.717, 1.165) is 30.8 Å². The van der Waals surface area contributed by atoms with Crippen LogP contribution in [0.5, 0.6) is 0 Å². The minimum atomic E-state index is 0.00843. The Balaban J connectivity index is 1.87. The molecule has 0 radical (unpaired) electrons. The maximum atomic E-state index is 12.3. The van der Waals surface area contributed by atoms with E-state index in [1.807, 2.05) is 23.1 Å². The molecule has 0 bridgehead atoms. The van der Waals surface area contributed by atoms with E-state index in [1.165, 1.54) is 6.92 Å². The fourth-order valence-corrected chi connectivity index (χ4v) is 2.67. The Hall–Kier alpha value is -1.49.